The minimum atomic E-state index is -0.0370. The maximum Gasteiger partial charge on any atom is 0.350 e. The molecule has 1 saturated carbocycles. The Bertz CT molecular complexity index is 1420. The van der Waals surface area contributed by atoms with E-state index in [2.05, 4.69) is 54.3 Å². The van der Waals surface area contributed by atoms with E-state index in [0.717, 1.165) is 99.1 Å². The van der Waals surface area contributed by atoms with Crippen molar-refractivity contribution in [1.29, 1.82) is 0 Å². The van der Waals surface area contributed by atoms with Crippen molar-refractivity contribution in [2.75, 3.05) is 39.8 Å². The summed E-state index contributed by atoms with van der Waals surface area (Å²) in [5.41, 5.74) is 5.75. The number of nitrogens with zero attached hydrogens (tertiary/aromatic N) is 5. The monoisotopic (exact) mass is 600 g/mol. The Labute approximate surface area is 265 Å². The molecule has 44 heavy (non-hydrogen) atoms. The van der Waals surface area contributed by atoms with E-state index in [0.29, 0.717) is 11.5 Å². The molecule has 2 unspecified atom stereocenters. The van der Waals surface area contributed by atoms with Gasteiger partial charge in [0.25, 0.3) is 0 Å². The second-order valence-electron chi connectivity index (χ2n) is 14.3. The van der Waals surface area contributed by atoms with Crippen LogP contribution in [0, 0.1) is 13.8 Å². The SMILES string of the molecule is Cc1cc(C)c(O)c(C=NC2CCCCC2N=Cc2cc(C(C)(C)C)cc(CCCN3CCCN4CCC[N+](C)=C34)c2O)c1. The van der Waals surface area contributed by atoms with Crippen LogP contribution in [0.25, 0.3) is 0 Å². The van der Waals surface area contributed by atoms with Crippen molar-refractivity contribution in [1.82, 2.24) is 9.80 Å². The molecule has 0 amide bonds. The fraction of sp³-hybridized carbons (Fsp3) is 0.595. The maximum absolute atomic E-state index is 11.5. The van der Waals surface area contributed by atoms with Gasteiger partial charge in [0.15, 0.2) is 0 Å². The molecule has 0 radical (unpaired) electrons. The summed E-state index contributed by atoms with van der Waals surface area (Å²) in [6.45, 7) is 16.2. The lowest BCUT2D eigenvalue weighted by atomic mass is 9.84. The Hall–Kier alpha value is -3.35. The highest BCUT2D eigenvalue weighted by Crippen LogP contribution is 2.32. The highest BCUT2D eigenvalue weighted by Gasteiger charge is 2.34. The third-order valence-electron chi connectivity index (χ3n) is 9.62. The molecule has 1 saturated heterocycles. The number of phenols is 2. The van der Waals surface area contributed by atoms with Crippen molar-refractivity contribution in [3.05, 3.63) is 57.6 Å². The number of aliphatic imine (C=N–C) groups is 2. The van der Waals surface area contributed by atoms with E-state index in [-0.39, 0.29) is 17.5 Å². The van der Waals surface area contributed by atoms with Gasteiger partial charge in [-0.15, -0.1) is 0 Å². The van der Waals surface area contributed by atoms with E-state index in [9.17, 15) is 10.2 Å². The van der Waals surface area contributed by atoms with Crippen molar-refractivity contribution < 1.29 is 14.8 Å². The summed E-state index contributed by atoms with van der Waals surface area (Å²) in [6, 6.07) is 8.42. The Morgan fingerprint density at radius 2 is 1.52 bits per heavy atom. The summed E-state index contributed by atoms with van der Waals surface area (Å²) < 4.78 is 2.42. The van der Waals surface area contributed by atoms with Crippen LogP contribution in [0.15, 0.2) is 34.3 Å². The van der Waals surface area contributed by atoms with Gasteiger partial charge < -0.3 is 10.2 Å². The van der Waals surface area contributed by atoms with Crippen LogP contribution in [-0.2, 0) is 11.8 Å². The van der Waals surface area contributed by atoms with Crippen molar-refractivity contribution in [2.45, 2.75) is 103 Å². The zero-order chi connectivity index (χ0) is 31.4. The predicted molar refractivity (Wildman–Crippen MR) is 182 cm³/mol. The van der Waals surface area contributed by atoms with Gasteiger partial charge in [0.1, 0.15) is 11.5 Å². The molecule has 0 aromatic heterocycles. The molecule has 7 heteroatoms. The topological polar surface area (TPSA) is 74.7 Å². The van der Waals surface area contributed by atoms with Crippen LogP contribution in [0.4, 0.5) is 0 Å². The molecule has 2 aromatic carbocycles. The van der Waals surface area contributed by atoms with Gasteiger partial charge in [-0.05, 0) is 79.3 Å². The van der Waals surface area contributed by atoms with Crippen LogP contribution in [0.2, 0.25) is 0 Å². The Balaban J connectivity index is 1.33. The number of rotatable bonds is 8. The standard InChI is InChI=1S/C37H53N5O2/c1-26-20-27(2)34(43)29(21-26)24-38-32-13-7-8-14-33(32)39-25-30-23-31(37(3,4)5)22-28(35(30)44)12-9-16-41-18-11-19-42-17-10-15-40(6)36(41)42/h20-25,32-33H,7-19H2,1-6H3,(H-,38,39,43,44)/p+1. The molecule has 3 aliphatic rings. The number of hydrogen-bond donors (Lipinski definition) is 2. The Kier molecular flexibility index (Phi) is 10.0. The van der Waals surface area contributed by atoms with Gasteiger partial charge in [-0.3, -0.25) is 24.4 Å². The molecular formula is C37H54N5O2+. The largest absolute Gasteiger partial charge is 0.507 e. The first kappa shape index (κ1) is 32.1. The Morgan fingerprint density at radius 1 is 0.864 bits per heavy atom. The van der Waals surface area contributed by atoms with Gasteiger partial charge in [-0.1, -0.05) is 45.7 Å². The summed E-state index contributed by atoms with van der Waals surface area (Å²) in [4.78, 5) is 15.1. The number of guanidine groups is 1. The lowest BCUT2D eigenvalue weighted by Crippen LogP contribution is -2.57. The van der Waals surface area contributed by atoms with Gasteiger partial charge in [0, 0.05) is 36.4 Å². The minimum absolute atomic E-state index is 0.0370. The lowest BCUT2D eigenvalue weighted by molar-refractivity contribution is -0.515. The fourth-order valence-corrected chi connectivity index (χ4v) is 7.14. The maximum atomic E-state index is 11.5. The summed E-state index contributed by atoms with van der Waals surface area (Å²) in [6.07, 6.45) is 12.2. The molecule has 2 aromatic rings. The summed E-state index contributed by atoms with van der Waals surface area (Å²) in [5, 5.41) is 22.1. The third-order valence-corrected chi connectivity index (χ3v) is 9.62. The molecule has 0 bridgehead atoms. The van der Waals surface area contributed by atoms with Crippen molar-refractivity contribution in [3.63, 3.8) is 0 Å². The van der Waals surface area contributed by atoms with Gasteiger partial charge in [-0.25, -0.2) is 0 Å². The molecule has 238 valence electrons. The smallest absolute Gasteiger partial charge is 0.350 e. The number of benzene rings is 2. The summed E-state index contributed by atoms with van der Waals surface area (Å²) >= 11 is 0. The zero-order valence-electron chi connectivity index (χ0n) is 27.9. The normalized spacial score (nSPS) is 21.5. The Morgan fingerprint density at radius 3 is 2.20 bits per heavy atom. The van der Waals surface area contributed by atoms with E-state index in [4.69, 9.17) is 9.98 Å². The van der Waals surface area contributed by atoms with Crippen LogP contribution in [0.3, 0.4) is 0 Å². The molecule has 2 heterocycles. The van der Waals surface area contributed by atoms with Crippen LogP contribution >= 0.6 is 0 Å². The molecule has 1 aliphatic carbocycles. The first-order chi connectivity index (χ1) is 21.0. The van der Waals surface area contributed by atoms with Crippen molar-refractivity contribution in [3.8, 4) is 11.5 Å². The number of fused-ring (bicyclic) bond motifs is 1. The summed E-state index contributed by atoms with van der Waals surface area (Å²) in [5.74, 6) is 2.05. The van der Waals surface area contributed by atoms with Gasteiger partial charge in [-0.2, -0.15) is 0 Å². The van der Waals surface area contributed by atoms with Gasteiger partial charge in [0.2, 0.25) is 0 Å². The average Bonchev–Trinajstić information content (AvgIpc) is 2.98. The second kappa shape index (κ2) is 13.7. The number of aryl methyl sites for hydroxylation is 3. The molecule has 0 spiro atoms. The minimum Gasteiger partial charge on any atom is -0.507 e. The first-order valence-corrected chi connectivity index (χ1v) is 16.8. The highest BCUT2D eigenvalue weighted by molar-refractivity contribution is 5.86. The third kappa shape index (κ3) is 7.47. The van der Waals surface area contributed by atoms with Crippen LogP contribution in [0.5, 0.6) is 11.5 Å². The molecule has 2 fully saturated rings. The van der Waals surface area contributed by atoms with E-state index < -0.39 is 0 Å². The highest BCUT2D eigenvalue weighted by atomic mass is 16.3. The molecule has 2 aliphatic heterocycles. The van der Waals surface area contributed by atoms with E-state index in [1.807, 2.05) is 38.4 Å². The number of phenolic OH excluding ortho intramolecular Hbond substituents is 2. The molecular weight excluding hydrogens is 546 g/mol. The van der Waals surface area contributed by atoms with Crippen LogP contribution in [-0.4, -0.2) is 94.8 Å². The molecule has 2 atom stereocenters. The molecule has 2 N–H and O–H groups in total. The first-order valence-electron chi connectivity index (χ1n) is 16.8. The quantitative estimate of drug-likeness (QED) is 0.279. The number of aromatic hydroxyl groups is 2. The average molecular weight is 601 g/mol. The molecule has 7 nitrogen and oxygen atoms in total. The van der Waals surface area contributed by atoms with E-state index in [1.54, 1.807) is 0 Å². The van der Waals surface area contributed by atoms with Gasteiger partial charge >= 0.3 is 5.96 Å². The lowest BCUT2D eigenvalue weighted by Gasteiger charge is -2.36. The van der Waals surface area contributed by atoms with Crippen molar-refractivity contribution >= 4 is 18.4 Å². The molecule has 5 rings (SSSR count). The zero-order valence-corrected chi connectivity index (χ0v) is 27.9. The summed E-state index contributed by atoms with van der Waals surface area (Å²) in [7, 11) is 2.22. The second-order valence-corrected chi connectivity index (χ2v) is 14.3. The van der Waals surface area contributed by atoms with E-state index in [1.165, 1.54) is 24.4 Å². The van der Waals surface area contributed by atoms with Crippen molar-refractivity contribution in [2.24, 2.45) is 9.98 Å². The van der Waals surface area contributed by atoms with Crippen LogP contribution in [0.1, 0.15) is 99.1 Å². The fourth-order valence-electron chi connectivity index (χ4n) is 7.14. The van der Waals surface area contributed by atoms with E-state index >= 15 is 0 Å². The predicted octanol–water partition coefficient (Wildman–Crippen LogP) is 6.20. The van der Waals surface area contributed by atoms with Gasteiger partial charge in [0.05, 0.1) is 51.9 Å². The number of hydrogen-bond acceptors (Lipinski definition) is 6. The van der Waals surface area contributed by atoms with Crippen LogP contribution < -0.4 is 0 Å².